The van der Waals surface area contributed by atoms with Gasteiger partial charge in [0.05, 0.1) is 18.0 Å². The molecule has 3 heterocycles. The second-order valence-electron chi connectivity index (χ2n) is 4.79. The maximum Gasteiger partial charge on any atom is 0.442 e. The maximum atomic E-state index is 10.9. The number of aromatic nitrogens is 7. The number of carboxylic acid groups (broad SMARTS) is 1. The van der Waals surface area contributed by atoms with Gasteiger partial charge in [-0.1, -0.05) is 4.98 Å². The summed E-state index contributed by atoms with van der Waals surface area (Å²) in [6.45, 7) is 3.34. The van der Waals surface area contributed by atoms with Gasteiger partial charge in [-0.2, -0.15) is 15.0 Å². The number of aromatic carboxylic acids is 1. The Hall–Kier alpha value is -3.47. The zero-order valence-corrected chi connectivity index (χ0v) is 14.4. The first kappa shape index (κ1) is 16.0. The minimum absolute atomic E-state index is 0.0993. The van der Waals surface area contributed by atoms with Gasteiger partial charge in [-0.3, -0.25) is 0 Å². The first-order valence-electron chi connectivity index (χ1n) is 8.03. The fourth-order valence-corrected chi connectivity index (χ4v) is 1.96. The van der Waals surface area contributed by atoms with Crippen LogP contribution >= 0.6 is 11.6 Å². The lowest BCUT2D eigenvalue weighted by Crippen LogP contribution is -2.34. The third kappa shape index (κ3) is 5.27. The Morgan fingerprint density at radius 1 is 1.12 bits per heavy atom. The van der Waals surface area contributed by atoms with Crippen molar-refractivity contribution < 1.29 is 17.3 Å². The number of carbonyl (C=O) groups is 1. The average Bonchev–Trinajstić information content (AvgIpc) is 2.67. The lowest BCUT2D eigenvalue weighted by atomic mass is 10.3. The summed E-state index contributed by atoms with van der Waals surface area (Å²) >= 11 is 5.44. The third-order valence-electron chi connectivity index (χ3n) is 2.73. The summed E-state index contributed by atoms with van der Waals surface area (Å²) in [5.74, 6) is 0.412. The van der Waals surface area contributed by atoms with Crippen LogP contribution in [0.2, 0.25) is 8.11 Å². The Morgan fingerprint density at radius 3 is 2.38 bits per heavy atom. The Balaban J connectivity index is 0.000000237. The van der Waals surface area contributed by atoms with Crippen LogP contribution in [-0.2, 0) is 0 Å². The number of aryl methyl sites for hydroxylation is 2. The van der Waals surface area contributed by atoms with Crippen LogP contribution in [0.3, 0.4) is 0 Å². The Bertz CT molecular complexity index is 973. The Kier molecular flexibility index (Phi) is 4.97. The number of carboxylic acids is 1. The van der Waals surface area contributed by atoms with Crippen molar-refractivity contribution in [1.29, 1.82) is 0 Å². The molecule has 0 saturated carbocycles. The number of nitrogen functional groups attached to an aromatic ring is 2. The summed E-state index contributed by atoms with van der Waals surface area (Å²) in [7, 11) is 0. The first-order chi connectivity index (χ1) is 13.3. The Labute approximate surface area is 155 Å². The largest absolute Gasteiger partial charge is 0.478 e. The molecule has 12 heteroatoms. The molecule has 3 aromatic rings. The van der Waals surface area contributed by atoms with Gasteiger partial charge in [-0.25, -0.2) is 14.3 Å². The number of rotatable bonds is 4. The maximum absolute atomic E-state index is 10.9. The van der Waals surface area contributed by atoms with Crippen LogP contribution in [-0.4, -0.2) is 41.0 Å². The number of hydrogen-bond donors (Lipinski definition) is 3. The van der Waals surface area contributed by atoms with Crippen molar-refractivity contribution in [2.24, 2.45) is 0 Å². The van der Waals surface area contributed by atoms with Crippen molar-refractivity contribution in [3.8, 4) is 5.95 Å². The second kappa shape index (κ2) is 8.07. The molecule has 0 atom stereocenters. The lowest BCUT2D eigenvalue weighted by molar-refractivity contribution is -0.603. The number of anilines is 2. The third-order valence-corrected chi connectivity index (χ3v) is 2.90. The number of halogens is 1. The van der Waals surface area contributed by atoms with Gasteiger partial charge in [0.2, 0.25) is 17.1 Å². The van der Waals surface area contributed by atoms with Gasteiger partial charge >= 0.3 is 17.9 Å². The molecule has 0 radical (unpaired) electrons. The standard InChI is InChI=1S/C10H9N5O2.C4H5ClN4/c1-6-12-9(11)14-10(13-6)15-4-2-3-7(5-15)8(16)17;1-2-7-3(5)9-4(6)8-2/h2-5H,1H3,(H2-,11,12,13,14,16,17);1H3,(H2,6,7,8,9)/p+1/i/hD2. The summed E-state index contributed by atoms with van der Waals surface area (Å²) in [6.07, 6.45) is 3.01. The molecule has 0 saturated heterocycles. The van der Waals surface area contributed by atoms with Gasteiger partial charge in [0, 0.05) is 6.92 Å². The molecule has 0 unspecified atom stereocenters. The highest BCUT2D eigenvalue weighted by Crippen LogP contribution is 2.01. The molecule has 11 nitrogen and oxygen atoms in total. The number of hydrogen-bond acceptors (Lipinski definition) is 9. The summed E-state index contributed by atoms with van der Waals surface area (Å²) in [6, 6.07) is 3.05. The van der Waals surface area contributed by atoms with Gasteiger partial charge in [0.25, 0.3) is 0 Å². The fourth-order valence-electron chi connectivity index (χ4n) is 1.76. The van der Waals surface area contributed by atoms with E-state index in [-0.39, 0.29) is 28.7 Å². The van der Waals surface area contributed by atoms with Crippen LogP contribution in [0.1, 0.15) is 22.0 Å². The van der Waals surface area contributed by atoms with Gasteiger partial charge in [-0.15, -0.1) is 0 Å². The van der Waals surface area contributed by atoms with Gasteiger partial charge in [-0.05, 0) is 35.6 Å². The zero-order chi connectivity index (χ0) is 20.7. The molecule has 0 amide bonds. The molecule has 26 heavy (non-hydrogen) atoms. The number of pyridine rings is 1. The highest BCUT2D eigenvalue weighted by atomic mass is 35.5. The minimum Gasteiger partial charge on any atom is -0.478 e. The van der Waals surface area contributed by atoms with E-state index in [0.29, 0.717) is 11.6 Å². The van der Waals surface area contributed by atoms with Crippen LogP contribution < -0.4 is 16.0 Å². The molecule has 5 N–H and O–H groups in total. The normalized spacial score (nSPS) is 10.7. The second-order valence-corrected chi connectivity index (χ2v) is 5.12. The van der Waals surface area contributed by atoms with Crippen LogP contribution in [0.25, 0.3) is 5.95 Å². The lowest BCUT2D eigenvalue weighted by Gasteiger charge is -1.98. The van der Waals surface area contributed by atoms with E-state index in [0.717, 1.165) is 0 Å². The molecule has 0 spiro atoms. The molecule has 0 fully saturated rings. The topological polar surface area (TPSA) is 171 Å². The van der Waals surface area contributed by atoms with Crippen LogP contribution in [0.4, 0.5) is 11.9 Å². The van der Waals surface area contributed by atoms with Crippen LogP contribution in [0.5, 0.6) is 0 Å². The molecule has 3 rings (SSSR count). The number of nitrogens with two attached hydrogens (primary N) is 2. The van der Waals surface area contributed by atoms with Crippen molar-refractivity contribution >= 4 is 29.5 Å². The summed E-state index contributed by atoms with van der Waals surface area (Å²) in [5, 5.41) is 9.00. The summed E-state index contributed by atoms with van der Waals surface area (Å²) in [5.41, 5.74) is 4.21. The van der Waals surface area contributed by atoms with Crippen molar-refractivity contribution in [1.82, 2.24) is 29.9 Å². The molecule has 0 aliphatic carbocycles. The monoisotopic (exact) mass is 378 g/mol. The van der Waals surface area contributed by atoms with Crippen molar-refractivity contribution in [3.05, 3.63) is 47.0 Å². The van der Waals surface area contributed by atoms with E-state index in [1.54, 1.807) is 26.1 Å². The molecule has 0 aliphatic heterocycles. The van der Waals surface area contributed by atoms with Gasteiger partial charge in [0.15, 0.2) is 2.82 Å². The highest BCUT2D eigenvalue weighted by molar-refractivity contribution is 6.28. The van der Waals surface area contributed by atoms with E-state index >= 15 is 0 Å². The van der Waals surface area contributed by atoms with Crippen LogP contribution in [0, 0.1) is 13.8 Å². The first-order valence-corrected chi connectivity index (χ1v) is 7.41. The molecule has 3 aromatic heterocycles. The van der Waals surface area contributed by atoms with E-state index in [1.165, 1.54) is 16.8 Å². The van der Waals surface area contributed by atoms with E-state index in [2.05, 4.69) is 35.6 Å². The predicted octanol–water partition coefficient (Wildman–Crippen LogP) is 0.153. The van der Waals surface area contributed by atoms with Crippen LogP contribution in [0.15, 0.2) is 24.5 Å². The van der Waals surface area contributed by atoms with E-state index in [1.807, 2.05) is 5.73 Å². The minimum atomic E-state index is -1.03. The summed E-state index contributed by atoms with van der Waals surface area (Å²) in [4.78, 5) is 33.8. The average molecular weight is 379 g/mol. The molecule has 0 bridgehead atoms. The van der Waals surface area contributed by atoms with E-state index in [4.69, 9.17) is 19.5 Å². The molecule has 0 aliphatic rings. The molecule has 0 aromatic carbocycles. The Morgan fingerprint density at radius 2 is 1.77 bits per heavy atom. The highest BCUT2D eigenvalue weighted by Gasteiger charge is 2.15. The molecular formula is C14H15ClN9O2+. The summed E-state index contributed by atoms with van der Waals surface area (Å²) < 4.78 is 15.1. The molecular weight excluding hydrogens is 362 g/mol. The van der Waals surface area contributed by atoms with Crippen molar-refractivity contribution in [2.75, 3.05) is 11.5 Å². The van der Waals surface area contributed by atoms with E-state index in [9.17, 15) is 4.79 Å². The predicted molar refractivity (Wildman–Crippen MR) is 91.5 cm³/mol. The quantitative estimate of drug-likeness (QED) is 0.530. The fraction of sp³-hybridized carbons (Fsp3) is 0.143. The zero-order valence-electron chi connectivity index (χ0n) is 15.7. The van der Waals surface area contributed by atoms with Crippen molar-refractivity contribution in [3.63, 3.8) is 0 Å². The number of nitrogens with zero attached hydrogens (tertiary/aromatic N) is 7. The molecule has 134 valence electrons. The SMILES string of the molecule is [2H]Nc1nc(C)nc(-[n+]2cccc(C(=O)O)c2)n1.[2H]Nc1nc(C)nc(Cl)n1. The van der Waals surface area contributed by atoms with Crippen molar-refractivity contribution in [2.45, 2.75) is 13.8 Å². The van der Waals surface area contributed by atoms with E-state index < -0.39 is 5.97 Å². The van der Waals surface area contributed by atoms with Gasteiger partial charge < -0.3 is 16.6 Å². The smallest absolute Gasteiger partial charge is 0.442 e. The van der Waals surface area contributed by atoms with Gasteiger partial charge in [0.1, 0.15) is 5.82 Å².